The lowest BCUT2D eigenvalue weighted by atomic mass is 10.1. The summed E-state index contributed by atoms with van der Waals surface area (Å²) in [6, 6.07) is 9.45. The lowest BCUT2D eigenvalue weighted by Crippen LogP contribution is -2.33. The number of ether oxygens (including phenoxy) is 1. The lowest BCUT2D eigenvalue weighted by molar-refractivity contribution is 0.259. The van der Waals surface area contributed by atoms with E-state index in [1.807, 2.05) is 37.4 Å². The van der Waals surface area contributed by atoms with Crippen LogP contribution in [0, 0.1) is 0 Å². The van der Waals surface area contributed by atoms with Gasteiger partial charge in [0.1, 0.15) is 17.5 Å². The van der Waals surface area contributed by atoms with Crippen molar-refractivity contribution in [2.75, 3.05) is 13.7 Å². The third-order valence-corrected chi connectivity index (χ3v) is 4.38. The van der Waals surface area contributed by atoms with Crippen LogP contribution in [-0.4, -0.2) is 24.2 Å². The van der Waals surface area contributed by atoms with E-state index < -0.39 is 0 Å². The molecule has 0 unspecified atom stereocenters. The van der Waals surface area contributed by atoms with Crippen molar-refractivity contribution >= 4 is 23.2 Å². The first-order chi connectivity index (χ1) is 10.1. The fourth-order valence-corrected chi connectivity index (χ4v) is 2.61. The van der Waals surface area contributed by atoms with Gasteiger partial charge in [0.25, 0.3) is 0 Å². The van der Waals surface area contributed by atoms with Crippen LogP contribution in [0.1, 0.15) is 12.8 Å². The second kappa shape index (κ2) is 5.84. The number of halogens is 2. The Kier molecular flexibility index (Phi) is 4.07. The maximum absolute atomic E-state index is 6.19. The Balaban J connectivity index is 1.83. The highest BCUT2D eigenvalue weighted by atomic mass is 35.5. The molecule has 1 aromatic carbocycles. The van der Waals surface area contributed by atoms with Crippen LogP contribution in [0.25, 0.3) is 11.1 Å². The third kappa shape index (κ3) is 3.31. The Morgan fingerprint density at radius 2 is 2.10 bits per heavy atom. The van der Waals surface area contributed by atoms with Gasteiger partial charge in [0, 0.05) is 10.6 Å². The molecule has 0 bridgehead atoms. The van der Waals surface area contributed by atoms with Gasteiger partial charge in [0.05, 0.1) is 11.7 Å². The summed E-state index contributed by atoms with van der Waals surface area (Å²) in [7, 11) is 1.97. The molecule has 0 saturated heterocycles. The van der Waals surface area contributed by atoms with Gasteiger partial charge in [0.2, 0.25) is 0 Å². The van der Waals surface area contributed by atoms with Gasteiger partial charge in [-0.25, -0.2) is 4.98 Å². The Labute approximate surface area is 134 Å². The molecule has 21 heavy (non-hydrogen) atoms. The number of nitrogens with zero attached hydrogens (tertiary/aromatic N) is 1. The molecule has 1 aliphatic carbocycles. The molecule has 2 aromatic rings. The minimum atomic E-state index is 0.135. The molecule has 1 fully saturated rings. The molecule has 0 radical (unpaired) electrons. The second-order valence-corrected chi connectivity index (χ2v) is 6.13. The number of benzene rings is 1. The van der Waals surface area contributed by atoms with Crippen molar-refractivity contribution in [2.24, 2.45) is 0 Å². The highest BCUT2D eigenvalue weighted by Crippen LogP contribution is 2.36. The molecule has 0 aliphatic heterocycles. The molecule has 0 spiro atoms. The molecule has 0 amide bonds. The molecule has 110 valence electrons. The van der Waals surface area contributed by atoms with E-state index in [0.29, 0.717) is 16.8 Å². The van der Waals surface area contributed by atoms with E-state index in [2.05, 4.69) is 10.3 Å². The topological polar surface area (TPSA) is 34.1 Å². The smallest absolute Gasteiger partial charge is 0.138 e. The first kappa shape index (κ1) is 14.6. The summed E-state index contributed by atoms with van der Waals surface area (Å²) in [5.74, 6) is 0.718. The lowest BCUT2D eigenvalue weighted by Gasteiger charge is -2.15. The summed E-state index contributed by atoms with van der Waals surface area (Å²) < 4.78 is 5.85. The van der Waals surface area contributed by atoms with E-state index in [9.17, 15) is 0 Å². The van der Waals surface area contributed by atoms with Crippen molar-refractivity contribution < 1.29 is 4.74 Å². The van der Waals surface area contributed by atoms with Crippen LogP contribution in [0.5, 0.6) is 5.75 Å². The summed E-state index contributed by atoms with van der Waals surface area (Å²) in [5, 5.41) is 4.41. The number of pyridine rings is 1. The van der Waals surface area contributed by atoms with Crippen molar-refractivity contribution in [2.45, 2.75) is 18.4 Å². The number of hydrogen-bond donors (Lipinski definition) is 1. The third-order valence-electron chi connectivity index (χ3n) is 3.85. The summed E-state index contributed by atoms with van der Waals surface area (Å²) in [4.78, 5) is 4.21. The standard InChI is InChI=1S/C16H16Cl2N2O/c1-19-16(5-6-16)10-21-13-8-14(15(18)20-9-13)11-3-2-4-12(17)7-11/h2-4,7-9,19H,5-6,10H2,1H3. The van der Waals surface area contributed by atoms with E-state index in [1.54, 1.807) is 6.20 Å². The van der Waals surface area contributed by atoms with Crippen molar-refractivity contribution in [1.29, 1.82) is 0 Å². The zero-order valence-corrected chi connectivity index (χ0v) is 13.2. The maximum atomic E-state index is 6.19. The van der Waals surface area contributed by atoms with Gasteiger partial charge in [0.15, 0.2) is 0 Å². The van der Waals surface area contributed by atoms with E-state index in [1.165, 1.54) is 0 Å². The molecule has 1 aromatic heterocycles. The molecule has 3 rings (SSSR count). The molecular formula is C16H16Cl2N2O. The minimum Gasteiger partial charge on any atom is -0.490 e. The highest BCUT2D eigenvalue weighted by Gasteiger charge is 2.41. The normalized spacial score (nSPS) is 15.8. The highest BCUT2D eigenvalue weighted by molar-refractivity contribution is 6.32. The van der Waals surface area contributed by atoms with Gasteiger partial charge in [-0.05, 0) is 43.7 Å². The van der Waals surface area contributed by atoms with Crippen LogP contribution in [0.2, 0.25) is 10.2 Å². The molecule has 1 N–H and O–H groups in total. The minimum absolute atomic E-state index is 0.135. The number of likely N-dealkylation sites (N-methyl/N-ethyl adjacent to an activating group) is 1. The predicted octanol–water partition coefficient (Wildman–Crippen LogP) is 4.19. The van der Waals surface area contributed by atoms with Crippen molar-refractivity contribution in [3.63, 3.8) is 0 Å². The second-order valence-electron chi connectivity index (χ2n) is 5.34. The van der Waals surface area contributed by atoms with Crippen LogP contribution in [0.4, 0.5) is 0 Å². The summed E-state index contributed by atoms with van der Waals surface area (Å²) in [6.07, 6.45) is 3.94. The van der Waals surface area contributed by atoms with Crippen molar-refractivity contribution in [3.8, 4) is 16.9 Å². The molecule has 0 atom stereocenters. The summed E-state index contributed by atoms with van der Waals surface area (Å²) >= 11 is 12.2. The Bertz CT molecular complexity index is 656. The molecule has 5 heteroatoms. The van der Waals surface area contributed by atoms with Gasteiger partial charge in [-0.2, -0.15) is 0 Å². The van der Waals surface area contributed by atoms with E-state index in [4.69, 9.17) is 27.9 Å². The summed E-state index contributed by atoms with van der Waals surface area (Å²) in [6.45, 7) is 0.641. The molecule has 1 aliphatic rings. The Hall–Kier alpha value is -1.29. The zero-order valence-electron chi connectivity index (χ0n) is 11.7. The molecule has 1 saturated carbocycles. The fourth-order valence-electron chi connectivity index (χ4n) is 2.21. The average molecular weight is 323 g/mol. The zero-order chi connectivity index (χ0) is 14.9. The van der Waals surface area contributed by atoms with Gasteiger partial charge in [-0.1, -0.05) is 35.3 Å². The van der Waals surface area contributed by atoms with Crippen LogP contribution < -0.4 is 10.1 Å². The number of aromatic nitrogens is 1. The van der Waals surface area contributed by atoms with Gasteiger partial charge >= 0.3 is 0 Å². The van der Waals surface area contributed by atoms with E-state index in [-0.39, 0.29) is 5.54 Å². The quantitative estimate of drug-likeness (QED) is 0.838. The van der Waals surface area contributed by atoms with Crippen molar-refractivity contribution in [1.82, 2.24) is 10.3 Å². The molecule has 3 nitrogen and oxygen atoms in total. The first-order valence-electron chi connectivity index (χ1n) is 6.85. The van der Waals surface area contributed by atoms with Gasteiger partial charge in [-0.3, -0.25) is 0 Å². The molecule has 1 heterocycles. The maximum Gasteiger partial charge on any atom is 0.138 e. The van der Waals surface area contributed by atoms with Crippen LogP contribution in [0.3, 0.4) is 0 Å². The van der Waals surface area contributed by atoms with Crippen LogP contribution in [0.15, 0.2) is 36.5 Å². The molecular weight excluding hydrogens is 307 g/mol. The van der Waals surface area contributed by atoms with E-state index in [0.717, 1.165) is 29.7 Å². The predicted molar refractivity (Wildman–Crippen MR) is 86.2 cm³/mol. The average Bonchev–Trinajstić information content (AvgIpc) is 3.27. The fraction of sp³-hybridized carbons (Fsp3) is 0.312. The number of hydrogen-bond acceptors (Lipinski definition) is 3. The summed E-state index contributed by atoms with van der Waals surface area (Å²) in [5.41, 5.74) is 1.89. The van der Waals surface area contributed by atoms with E-state index >= 15 is 0 Å². The Morgan fingerprint density at radius 3 is 2.76 bits per heavy atom. The Morgan fingerprint density at radius 1 is 1.29 bits per heavy atom. The van der Waals surface area contributed by atoms with Gasteiger partial charge in [-0.15, -0.1) is 0 Å². The number of nitrogens with one attached hydrogen (secondary N) is 1. The van der Waals surface area contributed by atoms with Crippen LogP contribution >= 0.6 is 23.2 Å². The van der Waals surface area contributed by atoms with Crippen molar-refractivity contribution in [3.05, 3.63) is 46.7 Å². The SMILES string of the molecule is CNC1(COc2cnc(Cl)c(-c3cccc(Cl)c3)c2)CC1. The van der Waals surface area contributed by atoms with Crippen LogP contribution in [-0.2, 0) is 0 Å². The van der Waals surface area contributed by atoms with Gasteiger partial charge < -0.3 is 10.1 Å². The monoisotopic (exact) mass is 322 g/mol. The largest absolute Gasteiger partial charge is 0.490 e. The first-order valence-corrected chi connectivity index (χ1v) is 7.61. The number of rotatable bonds is 5.